The number of ether oxygens (including phenoxy) is 1. The lowest BCUT2D eigenvalue weighted by atomic mass is 9.98. The third-order valence-electron chi connectivity index (χ3n) is 7.51. The van der Waals surface area contributed by atoms with Crippen LogP contribution in [0.25, 0.3) is 33.3 Å². The minimum atomic E-state index is -0.394. The van der Waals surface area contributed by atoms with Crippen molar-refractivity contribution in [3.8, 4) is 22.5 Å². The van der Waals surface area contributed by atoms with Crippen molar-refractivity contribution in [2.75, 3.05) is 20.3 Å². The van der Waals surface area contributed by atoms with E-state index in [0.717, 1.165) is 46.7 Å². The summed E-state index contributed by atoms with van der Waals surface area (Å²) in [5.74, 6) is 0.711. The quantitative estimate of drug-likeness (QED) is 0.428. The smallest absolute Gasteiger partial charge is 0.245 e. The summed E-state index contributed by atoms with van der Waals surface area (Å²) in [7, 11) is 3.67. The van der Waals surface area contributed by atoms with Crippen molar-refractivity contribution in [1.82, 2.24) is 29.2 Å². The van der Waals surface area contributed by atoms with Gasteiger partial charge in [0.15, 0.2) is 0 Å². The fraction of sp³-hybridized carbons (Fsp3) is 0.407. The van der Waals surface area contributed by atoms with E-state index in [1.165, 1.54) is 6.07 Å². The number of hydrogen-bond acceptors (Lipinski definition) is 5. The molecule has 1 aromatic carbocycles. The number of imidazole rings is 1. The van der Waals surface area contributed by atoms with E-state index in [2.05, 4.69) is 5.10 Å². The highest BCUT2D eigenvalue weighted by molar-refractivity contribution is 5.98. The van der Waals surface area contributed by atoms with Crippen LogP contribution in [-0.2, 0) is 23.1 Å². The van der Waals surface area contributed by atoms with Gasteiger partial charge < -0.3 is 14.2 Å². The number of fused-ring (bicyclic) bond motifs is 2. The second kappa shape index (κ2) is 8.51. The van der Waals surface area contributed by atoms with E-state index in [0.29, 0.717) is 36.4 Å². The minimum absolute atomic E-state index is 0.0382. The molecule has 1 atom stereocenters. The van der Waals surface area contributed by atoms with Crippen molar-refractivity contribution < 1.29 is 13.9 Å². The van der Waals surface area contributed by atoms with Crippen LogP contribution in [0.5, 0.6) is 0 Å². The number of rotatable bonds is 3. The number of halogens is 1. The van der Waals surface area contributed by atoms with Crippen molar-refractivity contribution >= 4 is 16.7 Å². The number of nitrogens with zero attached hydrogens (tertiary/aromatic N) is 6. The topological polar surface area (TPSA) is 78.1 Å². The second-order valence-corrected chi connectivity index (χ2v) is 9.91. The minimum Gasteiger partial charge on any atom is -0.381 e. The summed E-state index contributed by atoms with van der Waals surface area (Å²) in [6.07, 6.45) is 5.34. The zero-order chi connectivity index (χ0) is 25.1. The molecule has 9 heteroatoms. The molecule has 0 saturated carbocycles. The molecule has 4 aromatic rings. The van der Waals surface area contributed by atoms with Crippen molar-refractivity contribution in [3.63, 3.8) is 0 Å². The van der Waals surface area contributed by atoms with Gasteiger partial charge in [0.05, 0.1) is 29.3 Å². The lowest BCUT2D eigenvalue weighted by molar-refractivity contribution is -0.135. The first-order valence-electron chi connectivity index (χ1n) is 12.4. The molecule has 0 radical (unpaired) electrons. The number of aryl methyl sites for hydroxylation is 2. The van der Waals surface area contributed by atoms with E-state index >= 15 is 4.39 Å². The Kier molecular flexibility index (Phi) is 5.40. The van der Waals surface area contributed by atoms with Gasteiger partial charge >= 0.3 is 0 Å². The van der Waals surface area contributed by atoms with Crippen LogP contribution in [-0.4, -0.2) is 55.4 Å². The van der Waals surface area contributed by atoms with Gasteiger partial charge in [0.1, 0.15) is 17.7 Å². The molecule has 0 unspecified atom stereocenters. The van der Waals surface area contributed by atoms with Gasteiger partial charge in [-0.15, -0.1) is 0 Å². The second-order valence-electron chi connectivity index (χ2n) is 9.91. The molecule has 1 amide bonds. The van der Waals surface area contributed by atoms with Gasteiger partial charge in [-0.1, -0.05) is 6.07 Å². The predicted molar refractivity (Wildman–Crippen MR) is 134 cm³/mol. The largest absolute Gasteiger partial charge is 0.381 e. The van der Waals surface area contributed by atoms with E-state index in [4.69, 9.17) is 14.7 Å². The van der Waals surface area contributed by atoms with E-state index in [-0.39, 0.29) is 17.6 Å². The first-order valence-corrected chi connectivity index (χ1v) is 12.4. The lowest BCUT2D eigenvalue weighted by Crippen LogP contribution is -2.40. The molecule has 0 spiro atoms. The Labute approximate surface area is 208 Å². The molecule has 36 heavy (non-hydrogen) atoms. The summed E-state index contributed by atoms with van der Waals surface area (Å²) in [4.78, 5) is 24.4. The maximum atomic E-state index is 15.6. The number of likely N-dealkylation sites (N-methyl/N-ethyl adjacent to an activating group) is 1. The zero-order valence-electron chi connectivity index (χ0n) is 21.0. The number of hydrogen-bond donors (Lipinski definition) is 0. The summed E-state index contributed by atoms with van der Waals surface area (Å²) >= 11 is 0. The van der Waals surface area contributed by atoms with Gasteiger partial charge in [-0.3, -0.25) is 14.5 Å². The monoisotopic (exact) mass is 488 g/mol. The zero-order valence-corrected chi connectivity index (χ0v) is 21.0. The summed E-state index contributed by atoms with van der Waals surface area (Å²) in [5.41, 5.74) is 4.52. The maximum absolute atomic E-state index is 15.6. The molecular formula is C27H29FN6O2. The van der Waals surface area contributed by atoms with Crippen molar-refractivity contribution in [2.24, 2.45) is 7.05 Å². The molecule has 186 valence electrons. The summed E-state index contributed by atoms with van der Waals surface area (Å²) in [5, 5.41) is 6.00. The van der Waals surface area contributed by atoms with Crippen LogP contribution in [0.1, 0.15) is 48.9 Å². The van der Waals surface area contributed by atoms with E-state index < -0.39 is 6.04 Å². The van der Waals surface area contributed by atoms with Gasteiger partial charge in [-0.05, 0) is 44.2 Å². The van der Waals surface area contributed by atoms with Crippen molar-refractivity contribution in [3.05, 3.63) is 53.6 Å². The Hall–Kier alpha value is -3.59. The Balaban J connectivity index is 1.56. The lowest BCUT2D eigenvalue weighted by Gasteiger charge is -2.32. The van der Waals surface area contributed by atoms with Crippen LogP contribution in [0.2, 0.25) is 0 Å². The number of carbonyl (C=O) groups is 1. The van der Waals surface area contributed by atoms with Crippen LogP contribution < -0.4 is 0 Å². The van der Waals surface area contributed by atoms with Gasteiger partial charge in [-0.2, -0.15) is 5.10 Å². The van der Waals surface area contributed by atoms with Crippen LogP contribution in [0.3, 0.4) is 0 Å². The molecule has 0 N–H and O–H groups in total. The van der Waals surface area contributed by atoms with Gasteiger partial charge in [0.2, 0.25) is 5.91 Å². The predicted octanol–water partition coefficient (Wildman–Crippen LogP) is 4.37. The summed E-state index contributed by atoms with van der Waals surface area (Å²) in [6, 6.07) is 4.86. The molecule has 2 aliphatic rings. The highest BCUT2D eigenvalue weighted by Crippen LogP contribution is 2.40. The fourth-order valence-corrected chi connectivity index (χ4v) is 5.68. The Bertz CT molecular complexity index is 1500. The summed E-state index contributed by atoms with van der Waals surface area (Å²) in [6.45, 7) is 5.55. The molecule has 0 bridgehead atoms. The van der Waals surface area contributed by atoms with Gasteiger partial charge in [0.25, 0.3) is 0 Å². The van der Waals surface area contributed by atoms with Gasteiger partial charge in [-0.25, -0.2) is 9.37 Å². The first kappa shape index (κ1) is 22.8. The maximum Gasteiger partial charge on any atom is 0.245 e. The van der Waals surface area contributed by atoms with Crippen LogP contribution in [0, 0.1) is 12.7 Å². The molecule has 0 aliphatic carbocycles. The van der Waals surface area contributed by atoms with Crippen LogP contribution in [0.4, 0.5) is 4.39 Å². The van der Waals surface area contributed by atoms with Crippen LogP contribution in [0.15, 0.2) is 30.6 Å². The Morgan fingerprint density at radius 2 is 1.94 bits per heavy atom. The third kappa shape index (κ3) is 3.52. The molecule has 2 aliphatic heterocycles. The molecule has 1 fully saturated rings. The highest BCUT2D eigenvalue weighted by Gasteiger charge is 2.36. The molecule has 8 nitrogen and oxygen atoms in total. The van der Waals surface area contributed by atoms with Crippen LogP contribution >= 0.6 is 0 Å². The SMILES string of the molecule is Cc1nn(C)cc1-c1cc2ccc(F)c(-c3nc(C4CCOCC4)n4c3CN(C)C(=O)[C@@H]4C)c2cn1. The molecule has 1 saturated heterocycles. The first-order chi connectivity index (χ1) is 17.3. The number of benzene rings is 1. The fourth-order valence-electron chi connectivity index (χ4n) is 5.68. The summed E-state index contributed by atoms with van der Waals surface area (Å²) < 4.78 is 25.0. The highest BCUT2D eigenvalue weighted by atomic mass is 19.1. The van der Waals surface area contributed by atoms with Gasteiger partial charge in [0, 0.05) is 62.1 Å². The average Bonchev–Trinajstić information content (AvgIpc) is 3.42. The number of amides is 1. The Morgan fingerprint density at radius 1 is 1.17 bits per heavy atom. The number of carbonyl (C=O) groups excluding carboxylic acids is 1. The third-order valence-corrected chi connectivity index (χ3v) is 7.51. The van der Waals surface area contributed by atoms with E-state index in [1.807, 2.05) is 37.7 Å². The van der Waals surface area contributed by atoms with Crippen molar-refractivity contribution in [1.29, 1.82) is 0 Å². The normalized spacial score (nSPS) is 18.8. The molecule has 3 aromatic heterocycles. The van der Waals surface area contributed by atoms with Crippen molar-refractivity contribution in [2.45, 2.75) is 45.2 Å². The Morgan fingerprint density at radius 3 is 2.67 bits per heavy atom. The number of pyridine rings is 1. The molecular weight excluding hydrogens is 459 g/mol. The average molecular weight is 489 g/mol. The van der Waals surface area contributed by atoms with E-state index in [1.54, 1.807) is 28.9 Å². The standard InChI is InChI=1S/C27H29FN6O2/c1-15-20(13-33(4)31-15)22-11-18-5-6-21(28)24(19(18)12-29-22)25-23-14-32(3)27(35)16(2)34(23)26(30-25)17-7-9-36-10-8-17/h5-6,11-13,16-17H,7-10,14H2,1-4H3/t16-/m0/s1. The molecule has 5 heterocycles. The molecule has 6 rings (SSSR count). The van der Waals surface area contributed by atoms with E-state index in [9.17, 15) is 4.79 Å². The number of aromatic nitrogens is 5.